The molecular formula is C23H32O6. The van der Waals surface area contributed by atoms with Crippen LogP contribution >= 0.6 is 0 Å². The van der Waals surface area contributed by atoms with E-state index in [1.165, 1.54) is 6.08 Å². The molecule has 3 N–H and O–H groups in total. The molecule has 0 aromatic carbocycles. The van der Waals surface area contributed by atoms with Gasteiger partial charge in [-0.1, -0.05) is 13.8 Å². The highest BCUT2D eigenvalue weighted by molar-refractivity contribution is 5.90. The third-order valence-electron chi connectivity index (χ3n) is 9.80. The zero-order valence-corrected chi connectivity index (χ0v) is 17.3. The number of ether oxygens (including phenoxy) is 1. The Labute approximate surface area is 171 Å². The van der Waals surface area contributed by atoms with E-state index < -0.39 is 17.1 Å². The molecule has 6 nitrogen and oxygen atoms in total. The number of ketones is 1. The minimum atomic E-state index is -1.26. The fourth-order valence-electron chi connectivity index (χ4n) is 8.17. The molecule has 1 aliphatic heterocycles. The summed E-state index contributed by atoms with van der Waals surface area (Å²) >= 11 is 0. The molecule has 5 aliphatic rings. The van der Waals surface area contributed by atoms with Gasteiger partial charge in [0.1, 0.15) is 12.7 Å². The first-order chi connectivity index (χ1) is 13.6. The van der Waals surface area contributed by atoms with Gasteiger partial charge in [0.25, 0.3) is 0 Å². The van der Waals surface area contributed by atoms with Gasteiger partial charge in [0, 0.05) is 17.4 Å². The summed E-state index contributed by atoms with van der Waals surface area (Å²) in [7, 11) is 0. The number of carbonyl (C=O) groups excluding carboxylic acids is 2. The molecule has 0 aromatic heterocycles. The Bertz CT molecular complexity index is 790. The third kappa shape index (κ3) is 2.34. The topological polar surface area (TPSA) is 104 Å². The molecule has 160 valence electrons. The summed E-state index contributed by atoms with van der Waals surface area (Å²) in [5.74, 6) is -1.10. The average molecular weight is 405 g/mol. The van der Waals surface area contributed by atoms with Crippen LogP contribution in [0, 0.1) is 34.5 Å². The van der Waals surface area contributed by atoms with Crippen molar-refractivity contribution in [2.45, 2.75) is 76.6 Å². The van der Waals surface area contributed by atoms with Gasteiger partial charge in [-0.05, 0) is 73.7 Å². The number of esters is 1. The molecule has 1 heterocycles. The third-order valence-corrected chi connectivity index (χ3v) is 9.80. The monoisotopic (exact) mass is 404 g/mol. The minimum Gasteiger partial charge on any atom is -0.458 e. The lowest BCUT2D eigenvalue weighted by Crippen LogP contribution is -2.70. The molecule has 0 saturated heterocycles. The summed E-state index contributed by atoms with van der Waals surface area (Å²) in [4.78, 5) is 25.3. The molecule has 6 heteroatoms. The van der Waals surface area contributed by atoms with E-state index in [0.29, 0.717) is 25.7 Å². The van der Waals surface area contributed by atoms with Gasteiger partial charge in [-0.2, -0.15) is 0 Å². The molecule has 29 heavy (non-hydrogen) atoms. The SMILES string of the molecule is C[C@]12CC[C@H](O)C[C@H]1CC[C@@H]1[C@H]2C(=O)[C@H](O)[C@]2(C)[C@@H](C3=CC(=O)OC3)CC[C@]12O. The van der Waals surface area contributed by atoms with Crippen LogP contribution in [0.2, 0.25) is 0 Å². The van der Waals surface area contributed by atoms with Gasteiger partial charge in [0.05, 0.1) is 11.7 Å². The van der Waals surface area contributed by atoms with Gasteiger partial charge in [-0.15, -0.1) is 0 Å². The van der Waals surface area contributed by atoms with Crippen molar-refractivity contribution in [1.29, 1.82) is 0 Å². The smallest absolute Gasteiger partial charge is 0.331 e. The predicted molar refractivity (Wildman–Crippen MR) is 104 cm³/mol. The lowest BCUT2D eigenvalue weighted by atomic mass is 9.42. The number of aliphatic hydroxyl groups excluding tert-OH is 2. The molecule has 0 bridgehead atoms. The van der Waals surface area contributed by atoms with E-state index in [-0.39, 0.29) is 53.6 Å². The van der Waals surface area contributed by atoms with E-state index in [2.05, 4.69) is 6.92 Å². The first-order valence-corrected chi connectivity index (χ1v) is 11.1. The Morgan fingerprint density at radius 2 is 1.83 bits per heavy atom. The summed E-state index contributed by atoms with van der Waals surface area (Å²) in [6, 6.07) is 0. The Hall–Kier alpha value is -1.24. The number of hydrogen-bond acceptors (Lipinski definition) is 6. The molecule has 0 aromatic rings. The maximum Gasteiger partial charge on any atom is 0.331 e. The maximum atomic E-state index is 13.7. The first-order valence-electron chi connectivity index (χ1n) is 11.1. The largest absolute Gasteiger partial charge is 0.458 e. The second kappa shape index (κ2) is 6.14. The average Bonchev–Trinajstić information content (AvgIpc) is 3.22. The van der Waals surface area contributed by atoms with Crippen LogP contribution in [0.15, 0.2) is 11.6 Å². The van der Waals surface area contributed by atoms with Crippen molar-refractivity contribution in [3.8, 4) is 0 Å². The normalized spacial score (nSPS) is 54.3. The van der Waals surface area contributed by atoms with Crippen molar-refractivity contribution in [1.82, 2.24) is 0 Å². The summed E-state index contributed by atoms with van der Waals surface area (Å²) in [5, 5.41) is 33.6. The van der Waals surface area contributed by atoms with Crippen molar-refractivity contribution in [3.05, 3.63) is 11.6 Å². The van der Waals surface area contributed by atoms with Crippen LogP contribution in [0.4, 0.5) is 0 Å². The van der Waals surface area contributed by atoms with Gasteiger partial charge in [0.15, 0.2) is 5.78 Å². The lowest BCUT2D eigenvalue weighted by molar-refractivity contribution is -0.233. The standard InChI is InChI=1S/C23H32O6/c1-21-7-5-14(24)10-13(21)3-4-16-18(21)19(26)20(27)22(2)15(6-8-23(16,22)28)12-9-17(25)29-11-12/h9,13-16,18,20,24,27-28H,3-8,10-11H2,1-2H3/t13-,14+,15-,16-,18+,20+,21+,22+,23+/m1/s1. The second-order valence-corrected chi connectivity index (χ2v) is 10.7. The van der Waals surface area contributed by atoms with E-state index in [1.807, 2.05) is 6.92 Å². The zero-order valence-electron chi connectivity index (χ0n) is 17.3. The van der Waals surface area contributed by atoms with Crippen LogP contribution in [0.5, 0.6) is 0 Å². The van der Waals surface area contributed by atoms with E-state index >= 15 is 0 Å². The number of Topliss-reactive ketones (excluding diaryl/α,β-unsaturated/α-hetero) is 1. The summed E-state index contributed by atoms with van der Waals surface area (Å²) in [5.41, 5.74) is -1.66. The van der Waals surface area contributed by atoms with Crippen LogP contribution < -0.4 is 0 Å². The van der Waals surface area contributed by atoms with Crippen LogP contribution in [-0.2, 0) is 14.3 Å². The number of fused-ring (bicyclic) bond motifs is 5. The van der Waals surface area contributed by atoms with Crippen LogP contribution in [0.1, 0.15) is 58.8 Å². The summed E-state index contributed by atoms with van der Waals surface area (Å²) in [6.07, 6.45) is 4.82. The quantitative estimate of drug-likeness (QED) is 0.575. The van der Waals surface area contributed by atoms with Crippen molar-refractivity contribution in [2.75, 3.05) is 6.61 Å². The highest BCUT2D eigenvalue weighted by Gasteiger charge is 2.73. The molecule has 4 aliphatic carbocycles. The fourth-order valence-corrected chi connectivity index (χ4v) is 8.17. The maximum absolute atomic E-state index is 13.7. The van der Waals surface area contributed by atoms with Crippen molar-refractivity contribution >= 4 is 11.8 Å². The number of aliphatic hydroxyl groups is 3. The molecule has 0 unspecified atom stereocenters. The highest BCUT2D eigenvalue weighted by Crippen LogP contribution is 2.68. The van der Waals surface area contributed by atoms with Gasteiger partial charge in [-0.3, -0.25) is 4.79 Å². The summed E-state index contributed by atoms with van der Waals surface area (Å²) < 4.78 is 5.10. The number of carbonyl (C=O) groups is 2. The second-order valence-electron chi connectivity index (χ2n) is 10.7. The molecule has 0 amide bonds. The highest BCUT2D eigenvalue weighted by atomic mass is 16.5. The van der Waals surface area contributed by atoms with Crippen molar-refractivity contribution in [3.63, 3.8) is 0 Å². The van der Waals surface area contributed by atoms with Gasteiger partial charge < -0.3 is 20.1 Å². The van der Waals surface area contributed by atoms with E-state index in [1.54, 1.807) is 0 Å². The first kappa shape index (κ1) is 19.7. The molecule has 0 spiro atoms. The molecule has 5 rings (SSSR count). The van der Waals surface area contributed by atoms with Gasteiger partial charge in [0.2, 0.25) is 0 Å². The summed E-state index contributed by atoms with van der Waals surface area (Å²) in [6.45, 7) is 4.16. The van der Waals surface area contributed by atoms with Crippen molar-refractivity contribution < 1.29 is 29.6 Å². The van der Waals surface area contributed by atoms with E-state index in [9.17, 15) is 24.9 Å². The fraction of sp³-hybridized carbons (Fsp3) is 0.826. The Balaban J connectivity index is 1.57. The Kier molecular flexibility index (Phi) is 4.18. The predicted octanol–water partition coefficient (Wildman–Crippen LogP) is 1.75. The molecule has 4 fully saturated rings. The lowest BCUT2D eigenvalue weighted by Gasteiger charge is -2.63. The minimum absolute atomic E-state index is 0.150. The van der Waals surface area contributed by atoms with Crippen LogP contribution in [0.3, 0.4) is 0 Å². The van der Waals surface area contributed by atoms with E-state index in [0.717, 1.165) is 24.8 Å². The molecule has 4 saturated carbocycles. The Morgan fingerprint density at radius 3 is 2.52 bits per heavy atom. The van der Waals surface area contributed by atoms with Crippen LogP contribution in [0.25, 0.3) is 0 Å². The number of hydrogen-bond donors (Lipinski definition) is 3. The van der Waals surface area contributed by atoms with Gasteiger partial charge >= 0.3 is 5.97 Å². The van der Waals surface area contributed by atoms with Gasteiger partial charge in [-0.25, -0.2) is 4.79 Å². The van der Waals surface area contributed by atoms with Crippen LogP contribution in [-0.4, -0.2) is 51.5 Å². The molecular weight excluding hydrogens is 372 g/mol. The van der Waals surface area contributed by atoms with Crippen molar-refractivity contribution in [2.24, 2.45) is 34.5 Å². The Morgan fingerprint density at radius 1 is 1.07 bits per heavy atom. The molecule has 9 atom stereocenters. The molecule has 0 radical (unpaired) electrons. The zero-order chi connectivity index (χ0) is 20.8. The number of rotatable bonds is 1. The number of cyclic esters (lactones) is 1. The van der Waals surface area contributed by atoms with E-state index in [4.69, 9.17) is 4.74 Å².